The number of hydrogen-bond donors (Lipinski definition) is 5. The van der Waals surface area contributed by atoms with Crippen molar-refractivity contribution in [1.29, 1.82) is 0 Å². The minimum absolute atomic E-state index is 0.0257. The lowest BCUT2D eigenvalue weighted by Crippen LogP contribution is -2.36. The highest BCUT2D eigenvalue weighted by Crippen LogP contribution is 2.33. The van der Waals surface area contributed by atoms with Crippen molar-refractivity contribution in [3.05, 3.63) is 41.2 Å². The summed E-state index contributed by atoms with van der Waals surface area (Å²) in [5.74, 6) is 5.42. The van der Waals surface area contributed by atoms with Gasteiger partial charge in [-0.2, -0.15) is 11.8 Å². The van der Waals surface area contributed by atoms with Crippen molar-refractivity contribution in [3.63, 3.8) is 0 Å². The van der Waals surface area contributed by atoms with Crippen LogP contribution in [0, 0.1) is 11.8 Å². The molecule has 0 spiro atoms. The molecule has 0 bridgehead atoms. The summed E-state index contributed by atoms with van der Waals surface area (Å²) in [7, 11) is 0. The third kappa shape index (κ3) is 14.5. The maximum absolute atomic E-state index is 12.1. The lowest BCUT2D eigenvalue weighted by atomic mass is 10.0. The second-order valence-electron chi connectivity index (χ2n) is 11.9. The number of urea groups is 1. The maximum Gasteiger partial charge on any atom is 0.315 e. The Morgan fingerprint density at radius 3 is 2.59 bits per heavy atom. The highest BCUT2D eigenvalue weighted by molar-refractivity contribution is 8.00. The van der Waals surface area contributed by atoms with Gasteiger partial charge in [-0.3, -0.25) is 14.4 Å². The van der Waals surface area contributed by atoms with E-state index in [1.807, 2.05) is 11.8 Å². The summed E-state index contributed by atoms with van der Waals surface area (Å²) in [5, 5.41) is 26.1. The predicted molar refractivity (Wildman–Crippen MR) is 188 cm³/mol. The number of nitrogens with one attached hydrogen (secondary N) is 3. The first-order chi connectivity index (χ1) is 24.8. The van der Waals surface area contributed by atoms with Gasteiger partial charge in [0.25, 0.3) is 0 Å². The lowest BCUT2D eigenvalue weighted by Gasteiger charge is -2.16. The number of rotatable bonds is 24. The number of anilines is 1. The van der Waals surface area contributed by atoms with Gasteiger partial charge in [-0.05, 0) is 31.0 Å². The fraction of sp³-hybridized carbons (Fsp3) is 0.588. The van der Waals surface area contributed by atoms with Gasteiger partial charge in [-0.15, -0.1) is 5.10 Å². The quantitative estimate of drug-likeness (QED) is 0.0340. The normalized spacial score (nSPS) is 17.6. The zero-order valence-electron chi connectivity index (χ0n) is 28.6. The van der Waals surface area contributed by atoms with E-state index in [9.17, 15) is 19.2 Å². The molecule has 2 aliphatic heterocycles. The highest BCUT2D eigenvalue weighted by Gasteiger charge is 2.42. The minimum atomic E-state index is -1.04. The molecule has 16 nitrogen and oxygen atoms in total. The molecule has 3 heterocycles. The number of carbonyl (C=O) groups excluding carboxylic acids is 3. The van der Waals surface area contributed by atoms with Crippen LogP contribution in [-0.4, -0.2) is 120 Å². The van der Waals surface area contributed by atoms with Gasteiger partial charge in [0.15, 0.2) is 5.78 Å². The minimum Gasteiger partial charge on any atom is -0.481 e. The van der Waals surface area contributed by atoms with Crippen molar-refractivity contribution >= 4 is 41.1 Å². The van der Waals surface area contributed by atoms with Crippen molar-refractivity contribution in [2.24, 2.45) is 0 Å². The summed E-state index contributed by atoms with van der Waals surface area (Å²) in [5.41, 5.74) is 7.75. The standard InChI is InChI=1S/C34H47N7O9S/c35-27-20-24(7-8-26(27)29(42)9-10-32(44)45)4-3-13-50-22-25-21-41(40-39-25)12-15-48-17-19-49-18-16-47-14-11-36-31(43)6-2-1-5-30-33-28(23-51-30)37-34(46)38-33/h7-8,20-21,28,30,33H,1-2,5-6,9-19,22-23,35H2,(H,36,43)(H,44,45)(H2,37,38,46)/t28?,30-,33-/m0/s1. The van der Waals surface area contributed by atoms with Gasteiger partial charge in [0.2, 0.25) is 5.91 Å². The number of carboxylic acid groups (broad SMARTS) is 1. The van der Waals surface area contributed by atoms with E-state index in [1.54, 1.807) is 29.1 Å². The molecule has 4 rings (SSSR count). The molecule has 2 aromatic rings. The number of carbonyl (C=O) groups is 4. The molecule has 0 saturated carbocycles. The van der Waals surface area contributed by atoms with Gasteiger partial charge >= 0.3 is 12.0 Å². The number of thioether (sulfide) groups is 1. The predicted octanol–water partition coefficient (Wildman–Crippen LogP) is 1.37. The lowest BCUT2D eigenvalue weighted by molar-refractivity contribution is -0.137. The summed E-state index contributed by atoms with van der Waals surface area (Å²) in [6.07, 6.45) is 4.69. The van der Waals surface area contributed by atoms with Gasteiger partial charge in [-0.25, -0.2) is 9.48 Å². The third-order valence-electron chi connectivity index (χ3n) is 8.02. The number of aliphatic carboxylic acids is 1. The molecular formula is C34H47N7O9S. The third-order valence-corrected chi connectivity index (χ3v) is 9.53. The van der Waals surface area contributed by atoms with Crippen LogP contribution in [0.1, 0.15) is 60.1 Å². The Morgan fingerprint density at radius 2 is 1.80 bits per heavy atom. The van der Waals surface area contributed by atoms with Crippen LogP contribution in [0.3, 0.4) is 0 Å². The molecule has 0 radical (unpaired) electrons. The van der Waals surface area contributed by atoms with Crippen LogP contribution in [-0.2, 0) is 41.7 Å². The van der Waals surface area contributed by atoms with Crippen LogP contribution in [0.5, 0.6) is 0 Å². The number of nitrogens with two attached hydrogens (primary N) is 1. The number of benzene rings is 1. The Morgan fingerprint density at radius 1 is 1.02 bits per heavy atom. The number of fused-ring (bicyclic) bond motifs is 1. The van der Waals surface area contributed by atoms with Gasteiger partial charge in [0.05, 0.1) is 77.5 Å². The van der Waals surface area contributed by atoms with E-state index in [-0.39, 0.29) is 67.1 Å². The van der Waals surface area contributed by atoms with E-state index in [2.05, 4.69) is 38.1 Å². The van der Waals surface area contributed by atoms with Crippen LogP contribution in [0.25, 0.3) is 0 Å². The molecule has 1 aromatic heterocycles. The number of aromatic nitrogens is 3. The van der Waals surface area contributed by atoms with E-state index in [0.29, 0.717) is 75.7 Å². The first-order valence-corrected chi connectivity index (χ1v) is 18.1. The smallest absolute Gasteiger partial charge is 0.315 e. The first kappa shape index (κ1) is 39.6. The summed E-state index contributed by atoms with van der Waals surface area (Å²) < 4.78 is 23.8. The topological polar surface area (TPSA) is 218 Å². The molecule has 1 aromatic carbocycles. The number of ketones is 1. The largest absolute Gasteiger partial charge is 0.481 e. The SMILES string of the molecule is Nc1cc(C#CCOCc2cn(CCOCCOCCOCCNC(=O)CCCC[C@@H]3SCC4NC(=O)N[C@@H]43)nn2)ccc1C(=O)CCC(=O)O. The molecule has 3 atom stereocenters. The number of Topliss-reactive ketones (excluding diaryl/α,β-unsaturated/α-hetero) is 1. The molecule has 2 aliphatic rings. The summed E-state index contributed by atoms with van der Waals surface area (Å²) in [4.78, 5) is 46.3. The van der Waals surface area contributed by atoms with Gasteiger partial charge in [0.1, 0.15) is 12.3 Å². The van der Waals surface area contributed by atoms with Gasteiger partial charge in [0, 0.05) is 47.2 Å². The first-order valence-electron chi connectivity index (χ1n) is 17.1. The van der Waals surface area contributed by atoms with Crippen LogP contribution < -0.4 is 21.7 Å². The number of ether oxygens (including phenoxy) is 4. The van der Waals surface area contributed by atoms with Crippen LogP contribution in [0.4, 0.5) is 10.5 Å². The fourth-order valence-electron chi connectivity index (χ4n) is 5.43. The van der Waals surface area contributed by atoms with Crippen molar-refractivity contribution < 1.29 is 43.2 Å². The van der Waals surface area contributed by atoms with Crippen LogP contribution in [0.2, 0.25) is 0 Å². The number of nitrogens with zero attached hydrogens (tertiary/aromatic N) is 3. The number of amides is 3. The Kier molecular flexibility index (Phi) is 17.0. The molecule has 1 unspecified atom stereocenters. The average molecular weight is 730 g/mol. The van der Waals surface area contributed by atoms with E-state index in [0.717, 1.165) is 25.0 Å². The highest BCUT2D eigenvalue weighted by atomic mass is 32.2. The molecule has 0 aliphatic carbocycles. The molecule has 2 saturated heterocycles. The van der Waals surface area contributed by atoms with Crippen molar-refractivity contribution in [2.75, 3.05) is 64.3 Å². The zero-order chi connectivity index (χ0) is 36.3. The summed E-state index contributed by atoms with van der Waals surface area (Å²) >= 11 is 1.89. The van der Waals surface area contributed by atoms with Crippen molar-refractivity contribution in [2.45, 2.75) is 69.0 Å². The fourth-order valence-corrected chi connectivity index (χ4v) is 6.98. The van der Waals surface area contributed by atoms with E-state index in [1.165, 1.54) is 0 Å². The number of nitrogen functional groups attached to an aromatic ring is 1. The Labute approximate surface area is 301 Å². The molecule has 51 heavy (non-hydrogen) atoms. The Bertz CT molecular complexity index is 1510. The second kappa shape index (κ2) is 21.9. The van der Waals surface area contributed by atoms with Gasteiger partial charge < -0.3 is 45.7 Å². The molecular weight excluding hydrogens is 682 g/mol. The zero-order valence-corrected chi connectivity index (χ0v) is 29.4. The summed E-state index contributed by atoms with van der Waals surface area (Å²) in [6, 6.07) is 5.16. The summed E-state index contributed by atoms with van der Waals surface area (Å²) in [6.45, 7) is 3.97. The van der Waals surface area contributed by atoms with Gasteiger partial charge in [-0.1, -0.05) is 23.5 Å². The molecule has 3 amide bonds. The van der Waals surface area contributed by atoms with Crippen molar-refractivity contribution in [1.82, 2.24) is 30.9 Å². The molecule has 2 fully saturated rings. The van der Waals surface area contributed by atoms with E-state index in [4.69, 9.17) is 29.8 Å². The monoisotopic (exact) mass is 729 g/mol. The Hall–Kier alpha value is -4.21. The number of carboxylic acids is 1. The molecule has 6 N–H and O–H groups in total. The second-order valence-corrected chi connectivity index (χ2v) is 13.2. The Balaban J connectivity index is 0.919. The number of unbranched alkanes of at least 4 members (excludes halogenated alkanes) is 1. The van der Waals surface area contributed by atoms with Crippen LogP contribution in [0.15, 0.2) is 24.4 Å². The molecule has 17 heteroatoms. The van der Waals surface area contributed by atoms with E-state index >= 15 is 0 Å². The van der Waals surface area contributed by atoms with Crippen LogP contribution >= 0.6 is 11.8 Å². The van der Waals surface area contributed by atoms with E-state index < -0.39 is 5.97 Å². The van der Waals surface area contributed by atoms with Crippen molar-refractivity contribution in [3.8, 4) is 11.8 Å². The maximum atomic E-state index is 12.1. The number of hydrogen-bond acceptors (Lipinski definition) is 12. The average Bonchev–Trinajstić information content (AvgIpc) is 3.82. The molecule has 278 valence electrons.